The number of nitriles is 1. The van der Waals surface area contributed by atoms with Crippen LogP contribution in [0.25, 0.3) is 0 Å². The van der Waals surface area contributed by atoms with E-state index in [2.05, 4.69) is 33.8 Å². The lowest BCUT2D eigenvalue weighted by Crippen LogP contribution is -2.20. The summed E-state index contributed by atoms with van der Waals surface area (Å²) >= 11 is 0. The van der Waals surface area contributed by atoms with Crippen molar-refractivity contribution >= 4 is 0 Å². The van der Waals surface area contributed by atoms with Gasteiger partial charge in [-0.3, -0.25) is 0 Å². The van der Waals surface area contributed by atoms with E-state index in [0.29, 0.717) is 5.41 Å². The van der Waals surface area contributed by atoms with Gasteiger partial charge in [0.2, 0.25) is 0 Å². The Balaban J connectivity index is 2.78. The number of allylic oxidation sites excluding steroid dienone is 4. The van der Waals surface area contributed by atoms with E-state index in [1.54, 1.807) is 11.1 Å². The zero-order chi connectivity index (χ0) is 13.1. The van der Waals surface area contributed by atoms with Crippen molar-refractivity contribution in [3.63, 3.8) is 0 Å². The predicted octanol–water partition coefficient (Wildman–Crippen LogP) is 5.15. The predicted molar refractivity (Wildman–Crippen MR) is 73.6 cm³/mol. The first-order valence-electron chi connectivity index (χ1n) is 6.64. The molecule has 0 radical (unpaired) electrons. The van der Waals surface area contributed by atoms with E-state index < -0.39 is 0 Å². The first kappa shape index (κ1) is 14.0. The highest BCUT2D eigenvalue weighted by Gasteiger charge is 2.27. The summed E-state index contributed by atoms with van der Waals surface area (Å²) in [6, 6.07) is 2.25. The molecule has 1 nitrogen and oxygen atoms in total. The molecule has 0 fully saturated rings. The van der Waals surface area contributed by atoms with Crippen molar-refractivity contribution in [1.82, 2.24) is 0 Å². The third-order valence-electron chi connectivity index (χ3n) is 4.24. The maximum Gasteiger partial charge on any atom is 0.0943 e. The normalized spacial score (nSPS) is 20.9. The number of nitrogens with zero attached hydrogens (tertiary/aromatic N) is 1. The Labute approximate surface area is 106 Å². The second kappa shape index (κ2) is 5.54. The van der Waals surface area contributed by atoms with Gasteiger partial charge in [0.25, 0.3) is 0 Å². The molecule has 0 saturated heterocycles. The molecule has 0 saturated carbocycles. The van der Waals surface area contributed by atoms with Gasteiger partial charge in [0.15, 0.2) is 0 Å². The minimum Gasteiger partial charge on any atom is -0.193 e. The molecule has 0 spiro atoms. The SMILES string of the molecule is CC(C#N)=C(C)CCC1=C(C)CCCC1(C)C. The summed E-state index contributed by atoms with van der Waals surface area (Å²) in [7, 11) is 0. The second-order valence-corrected chi connectivity index (χ2v) is 6.01. The van der Waals surface area contributed by atoms with Crippen LogP contribution in [-0.4, -0.2) is 0 Å². The van der Waals surface area contributed by atoms with E-state index in [-0.39, 0.29) is 0 Å². The van der Waals surface area contributed by atoms with Gasteiger partial charge in [-0.2, -0.15) is 5.26 Å². The Morgan fingerprint density at radius 1 is 1.35 bits per heavy atom. The standard InChI is InChI=1S/C16H25N/c1-12(14(3)11-17)8-9-15-13(2)7-6-10-16(15,4)5/h6-10H2,1-5H3. The van der Waals surface area contributed by atoms with Gasteiger partial charge in [-0.15, -0.1) is 0 Å². The first-order valence-corrected chi connectivity index (χ1v) is 6.64. The zero-order valence-corrected chi connectivity index (χ0v) is 12.0. The number of rotatable bonds is 3. The average molecular weight is 231 g/mol. The highest BCUT2D eigenvalue weighted by molar-refractivity contribution is 5.27. The molecule has 0 heterocycles. The van der Waals surface area contributed by atoms with Crippen molar-refractivity contribution in [2.75, 3.05) is 0 Å². The molecular formula is C16H25N. The smallest absolute Gasteiger partial charge is 0.0943 e. The van der Waals surface area contributed by atoms with Crippen molar-refractivity contribution in [3.8, 4) is 6.07 Å². The summed E-state index contributed by atoms with van der Waals surface area (Å²) in [4.78, 5) is 0. The highest BCUT2D eigenvalue weighted by atomic mass is 14.3. The van der Waals surface area contributed by atoms with Crippen LogP contribution in [0.4, 0.5) is 0 Å². The van der Waals surface area contributed by atoms with Crippen LogP contribution >= 0.6 is 0 Å². The Bertz CT molecular complexity index is 388. The maximum absolute atomic E-state index is 8.88. The van der Waals surface area contributed by atoms with Crippen LogP contribution in [0, 0.1) is 16.7 Å². The fourth-order valence-corrected chi connectivity index (χ4v) is 2.82. The van der Waals surface area contributed by atoms with Crippen LogP contribution in [0.5, 0.6) is 0 Å². The van der Waals surface area contributed by atoms with Gasteiger partial charge in [0.1, 0.15) is 0 Å². The topological polar surface area (TPSA) is 23.8 Å². The molecule has 94 valence electrons. The quantitative estimate of drug-likeness (QED) is 0.486. The molecule has 0 unspecified atom stereocenters. The van der Waals surface area contributed by atoms with Gasteiger partial charge in [-0.05, 0) is 58.3 Å². The van der Waals surface area contributed by atoms with Crippen LogP contribution in [0.2, 0.25) is 0 Å². The van der Waals surface area contributed by atoms with Crippen molar-refractivity contribution < 1.29 is 0 Å². The van der Waals surface area contributed by atoms with E-state index in [0.717, 1.165) is 18.4 Å². The lowest BCUT2D eigenvalue weighted by molar-refractivity contribution is 0.354. The molecule has 0 aromatic heterocycles. The lowest BCUT2D eigenvalue weighted by Gasteiger charge is -2.35. The molecule has 0 aliphatic heterocycles. The zero-order valence-electron chi connectivity index (χ0n) is 12.0. The number of hydrogen-bond donors (Lipinski definition) is 0. The van der Waals surface area contributed by atoms with Gasteiger partial charge in [-0.25, -0.2) is 0 Å². The van der Waals surface area contributed by atoms with Crippen LogP contribution in [0.1, 0.15) is 66.7 Å². The molecule has 1 aliphatic carbocycles. The van der Waals surface area contributed by atoms with E-state index in [9.17, 15) is 0 Å². The molecule has 1 aliphatic rings. The molecular weight excluding hydrogens is 206 g/mol. The van der Waals surface area contributed by atoms with Crippen LogP contribution in [-0.2, 0) is 0 Å². The molecule has 0 N–H and O–H groups in total. The fourth-order valence-electron chi connectivity index (χ4n) is 2.82. The minimum atomic E-state index is 0.364. The summed E-state index contributed by atoms with van der Waals surface area (Å²) in [5, 5.41) is 8.88. The van der Waals surface area contributed by atoms with Crippen molar-refractivity contribution in [1.29, 1.82) is 5.26 Å². The molecule has 1 heteroatoms. The van der Waals surface area contributed by atoms with Crippen molar-refractivity contribution in [3.05, 3.63) is 22.3 Å². The molecule has 1 rings (SSSR count). The van der Waals surface area contributed by atoms with Crippen LogP contribution in [0.15, 0.2) is 22.3 Å². The minimum absolute atomic E-state index is 0.364. The third kappa shape index (κ3) is 3.46. The van der Waals surface area contributed by atoms with Gasteiger partial charge in [0.05, 0.1) is 6.07 Å². The van der Waals surface area contributed by atoms with Gasteiger partial charge in [-0.1, -0.05) is 30.6 Å². The summed E-state index contributed by atoms with van der Waals surface area (Å²) in [6.07, 6.45) is 6.06. The molecule has 0 aromatic carbocycles. The Kier molecular flexibility index (Phi) is 4.57. The Morgan fingerprint density at radius 3 is 2.53 bits per heavy atom. The van der Waals surface area contributed by atoms with Gasteiger partial charge >= 0.3 is 0 Å². The lowest BCUT2D eigenvalue weighted by atomic mass is 9.71. The molecule has 0 amide bonds. The molecule has 0 atom stereocenters. The van der Waals surface area contributed by atoms with E-state index >= 15 is 0 Å². The largest absolute Gasteiger partial charge is 0.193 e. The summed E-state index contributed by atoms with van der Waals surface area (Å²) in [6.45, 7) is 11.0. The second-order valence-electron chi connectivity index (χ2n) is 6.01. The Hall–Kier alpha value is -1.03. The monoisotopic (exact) mass is 231 g/mol. The summed E-state index contributed by atoms with van der Waals surface area (Å²) < 4.78 is 0. The van der Waals surface area contributed by atoms with Gasteiger partial charge < -0.3 is 0 Å². The third-order valence-corrected chi connectivity index (χ3v) is 4.24. The fraction of sp³-hybridized carbons (Fsp3) is 0.688. The maximum atomic E-state index is 8.88. The van der Waals surface area contributed by atoms with Crippen molar-refractivity contribution in [2.45, 2.75) is 66.7 Å². The highest BCUT2D eigenvalue weighted by Crippen LogP contribution is 2.42. The molecule has 0 aromatic rings. The average Bonchev–Trinajstić information content (AvgIpc) is 2.26. The van der Waals surface area contributed by atoms with Crippen LogP contribution in [0.3, 0.4) is 0 Å². The Morgan fingerprint density at radius 2 is 2.00 bits per heavy atom. The summed E-state index contributed by atoms with van der Waals surface area (Å²) in [5.74, 6) is 0. The van der Waals surface area contributed by atoms with E-state index in [4.69, 9.17) is 5.26 Å². The van der Waals surface area contributed by atoms with Crippen molar-refractivity contribution in [2.24, 2.45) is 5.41 Å². The van der Waals surface area contributed by atoms with Crippen LogP contribution < -0.4 is 0 Å². The van der Waals surface area contributed by atoms with E-state index in [1.165, 1.54) is 24.8 Å². The first-order chi connectivity index (χ1) is 7.88. The van der Waals surface area contributed by atoms with Gasteiger partial charge in [0, 0.05) is 5.57 Å². The number of hydrogen-bond acceptors (Lipinski definition) is 1. The molecule has 0 bridgehead atoms. The van der Waals surface area contributed by atoms with E-state index in [1.807, 2.05) is 6.92 Å². The summed E-state index contributed by atoms with van der Waals surface area (Å²) in [5.41, 5.74) is 5.71. The molecule has 17 heavy (non-hydrogen) atoms.